The van der Waals surface area contributed by atoms with Gasteiger partial charge in [0.25, 0.3) is 0 Å². The van der Waals surface area contributed by atoms with E-state index in [1.807, 2.05) is 85.0 Å². The number of hydrogen-bond donors (Lipinski definition) is 2. The zero-order valence-corrected chi connectivity index (χ0v) is 16.4. The lowest BCUT2D eigenvalue weighted by molar-refractivity contribution is 0.473. The molecule has 0 aliphatic rings. The fourth-order valence-corrected chi connectivity index (χ4v) is 2.99. The normalized spacial score (nSPS) is 11.5. The number of rotatable bonds is 6. The predicted octanol–water partition coefficient (Wildman–Crippen LogP) is 6.56. The van der Waals surface area contributed by atoms with E-state index in [0.717, 1.165) is 46.2 Å². The Bertz CT molecular complexity index is 913. The third kappa shape index (κ3) is 4.92. The van der Waals surface area contributed by atoms with Gasteiger partial charge >= 0.3 is 0 Å². The van der Waals surface area contributed by atoms with Gasteiger partial charge in [0, 0.05) is 11.1 Å². The molecule has 0 spiro atoms. The number of phenols is 2. The Balaban J connectivity index is 1.70. The zero-order chi connectivity index (χ0) is 19.9. The Kier molecular flexibility index (Phi) is 6.33. The minimum Gasteiger partial charge on any atom is -0.507 e. The Hall–Kier alpha value is -3.26. The Morgan fingerprint density at radius 1 is 0.571 bits per heavy atom. The molecule has 2 nitrogen and oxygen atoms in total. The summed E-state index contributed by atoms with van der Waals surface area (Å²) in [5, 5.41) is 20.2. The summed E-state index contributed by atoms with van der Waals surface area (Å²) in [6, 6.07) is 19.7. The first-order valence-electron chi connectivity index (χ1n) is 9.69. The van der Waals surface area contributed by atoms with Gasteiger partial charge in [0.2, 0.25) is 0 Å². The standard InChI is InChI=1S/C26H26O2/c1-3-19-9-13-23(25(27)17-19)15-11-21-5-7-22(8-6-21)12-16-24-14-10-20(4-2)18-26(24)28/h5-18,27-28H,3-4H2,1-2H3/b15-11+,16-12+. The van der Waals surface area contributed by atoms with E-state index < -0.39 is 0 Å². The van der Waals surface area contributed by atoms with Crippen molar-refractivity contribution in [1.29, 1.82) is 0 Å². The van der Waals surface area contributed by atoms with Crippen molar-refractivity contribution in [3.05, 3.63) is 94.0 Å². The van der Waals surface area contributed by atoms with Gasteiger partial charge in [0.05, 0.1) is 0 Å². The second-order valence-corrected chi connectivity index (χ2v) is 6.83. The first-order chi connectivity index (χ1) is 13.6. The lowest BCUT2D eigenvalue weighted by Crippen LogP contribution is -1.82. The van der Waals surface area contributed by atoms with Gasteiger partial charge < -0.3 is 10.2 Å². The van der Waals surface area contributed by atoms with Crippen LogP contribution in [0.3, 0.4) is 0 Å². The van der Waals surface area contributed by atoms with Gasteiger partial charge in [-0.3, -0.25) is 0 Å². The first-order valence-corrected chi connectivity index (χ1v) is 9.69. The van der Waals surface area contributed by atoms with Gasteiger partial charge in [-0.1, -0.05) is 86.7 Å². The molecule has 0 aliphatic carbocycles. The fraction of sp³-hybridized carbons (Fsp3) is 0.154. The summed E-state index contributed by atoms with van der Waals surface area (Å²) in [4.78, 5) is 0. The van der Waals surface area contributed by atoms with E-state index in [9.17, 15) is 10.2 Å². The number of aromatic hydroxyl groups is 2. The van der Waals surface area contributed by atoms with E-state index in [0.29, 0.717) is 11.5 Å². The minimum atomic E-state index is 0.309. The summed E-state index contributed by atoms with van der Waals surface area (Å²) < 4.78 is 0. The maximum absolute atomic E-state index is 10.1. The molecule has 0 amide bonds. The van der Waals surface area contributed by atoms with E-state index in [2.05, 4.69) is 13.8 Å². The van der Waals surface area contributed by atoms with Gasteiger partial charge in [-0.25, -0.2) is 0 Å². The van der Waals surface area contributed by atoms with E-state index in [4.69, 9.17) is 0 Å². The Morgan fingerprint density at radius 3 is 1.29 bits per heavy atom. The smallest absolute Gasteiger partial charge is 0.123 e. The van der Waals surface area contributed by atoms with Gasteiger partial charge in [-0.2, -0.15) is 0 Å². The average molecular weight is 370 g/mol. The van der Waals surface area contributed by atoms with Crippen molar-refractivity contribution >= 4 is 24.3 Å². The van der Waals surface area contributed by atoms with Crippen molar-refractivity contribution in [2.45, 2.75) is 26.7 Å². The van der Waals surface area contributed by atoms with Crippen LogP contribution in [0.1, 0.15) is 47.2 Å². The topological polar surface area (TPSA) is 40.5 Å². The SMILES string of the molecule is CCc1ccc(/C=C/c2ccc(/C=C/c3ccc(CC)cc3O)cc2)c(O)c1. The summed E-state index contributed by atoms with van der Waals surface area (Å²) in [6.07, 6.45) is 9.65. The van der Waals surface area contributed by atoms with Gasteiger partial charge in [0.1, 0.15) is 11.5 Å². The van der Waals surface area contributed by atoms with Crippen LogP contribution in [0, 0.1) is 0 Å². The molecule has 0 fully saturated rings. The molecule has 0 aliphatic heterocycles. The predicted molar refractivity (Wildman–Crippen MR) is 119 cm³/mol. The molecule has 0 unspecified atom stereocenters. The lowest BCUT2D eigenvalue weighted by Gasteiger charge is -2.03. The number of phenolic OH excluding ortho intramolecular Hbond substituents is 2. The molecule has 0 saturated heterocycles. The van der Waals surface area contributed by atoms with E-state index >= 15 is 0 Å². The molecule has 0 bridgehead atoms. The third-order valence-electron chi connectivity index (χ3n) is 4.85. The van der Waals surface area contributed by atoms with Crippen LogP contribution in [-0.2, 0) is 12.8 Å². The van der Waals surface area contributed by atoms with Gasteiger partial charge in [-0.05, 0) is 47.2 Å². The molecular weight excluding hydrogens is 344 g/mol. The van der Waals surface area contributed by atoms with Crippen molar-refractivity contribution in [3.8, 4) is 11.5 Å². The maximum atomic E-state index is 10.1. The molecule has 3 aromatic rings. The highest BCUT2D eigenvalue weighted by Gasteiger charge is 2.00. The van der Waals surface area contributed by atoms with Crippen molar-refractivity contribution in [2.75, 3.05) is 0 Å². The molecule has 2 N–H and O–H groups in total. The Morgan fingerprint density at radius 2 is 0.964 bits per heavy atom. The van der Waals surface area contributed by atoms with E-state index in [1.54, 1.807) is 0 Å². The summed E-state index contributed by atoms with van der Waals surface area (Å²) in [5.74, 6) is 0.619. The monoisotopic (exact) mass is 370 g/mol. The summed E-state index contributed by atoms with van der Waals surface area (Å²) >= 11 is 0. The quantitative estimate of drug-likeness (QED) is 0.482. The van der Waals surface area contributed by atoms with E-state index in [-0.39, 0.29) is 0 Å². The highest BCUT2D eigenvalue weighted by molar-refractivity contribution is 5.75. The molecule has 142 valence electrons. The van der Waals surface area contributed by atoms with Crippen LogP contribution >= 0.6 is 0 Å². The number of benzene rings is 3. The van der Waals surface area contributed by atoms with Crippen LogP contribution in [0.15, 0.2) is 60.7 Å². The van der Waals surface area contributed by atoms with Crippen LogP contribution in [0.2, 0.25) is 0 Å². The molecule has 0 aromatic heterocycles. The summed E-state index contributed by atoms with van der Waals surface area (Å²) in [6.45, 7) is 4.14. The second-order valence-electron chi connectivity index (χ2n) is 6.83. The molecule has 3 rings (SSSR count). The first kappa shape index (κ1) is 19.5. The maximum Gasteiger partial charge on any atom is 0.123 e. The highest BCUT2D eigenvalue weighted by atomic mass is 16.3. The van der Waals surface area contributed by atoms with Crippen LogP contribution in [0.5, 0.6) is 11.5 Å². The summed E-state index contributed by atoms with van der Waals surface area (Å²) in [5.41, 5.74) is 6.00. The van der Waals surface area contributed by atoms with Crippen LogP contribution in [0.25, 0.3) is 24.3 Å². The zero-order valence-electron chi connectivity index (χ0n) is 16.4. The Labute approximate surface area is 167 Å². The molecule has 2 heteroatoms. The molecule has 3 aromatic carbocycles. The molecule has 28 heavy (non-hydrogen) atoms. The summed E-state index contributed by atoms with van der Waals surface area (Å²) in [7, 11) is 0. The lowest BCUT2D eigenvalue weighted by atomic mass is 10.1. The van der Waals surface area contributed by atoms with Crippen LogP contribution in [0.4, 0.5) is 0 Å². The molecule has 0 saturated carbocycles. The molecule has 0 heterocycles. The van der Waals surface area contributed by atoms with Gasteiger partial charge in [0.15, 0.2) is 0 Å². The van der Waals surface area contributed by atoms with Crippen molar-refractivity contribution in [2.24, 2.45) is 0 Å². The fourth-order valence-electron chi connectivity index (χ4n) is 2.99. The highest BCUT2D eigenvalue weighted by Crippen LogP contribution is 2.23. The minimum absolute atomic E-state index is 0.309. The number of aryl methyl sites for hydroxylation is 2. The largest absolute Gasteiger partial charge is 0.507 e. The van der Waals surface area contributed by atoms with Crippen molar-refractivity contribution in [3.63, 3.8) is 0 Å². The third-order valence-corrected chi connectivity index (χ3v) is 4.85. The van der Waals surface area contributed by atoms with Crippen molar-refractivity contribution in [1.82, 2.24) is 0 Å². The molecule has 0 atom stereocenters. The molecule has 0 radical (unpaired) electrons. The van der Waals surface area contributed by atoms with Crippen LogP contribution < -0.4 is 0 Å². The van der Waals surface area contributed by atoms with Crippen LogP contribution in [-0.4, -0.2) is 10.2 Å². The van der Waals surface area contributed by atoms with Gasteiger partial charge in [-0.15, -0.1) is 0 Å². The van der Waals surface area contributed by atoms with Crippen molar-refractivity contribution < 1.29 is 10.2 Å². The second kappa shape index (κ2) is 9.09. The van der Waals surface area contributed by atoms with E-state index in [1.165, 1.54) is 0 Å². The number of hydrogen-bond acceptors (Lipinski definition) is 2. The average Bonchev–Trinajstić information content (AvgIpc) is 2.72. The molecular formula is C26H26O2.